The van der Waals surface area contributed by atoms with E-state index in [-0.39, 0.29) is 6.42 Å². The Kier molecular flexibility index (Phi) is 3.19. The lowest BCUT2D eigenvalue weighted by Gasteiger charge is -2.02. The van der Waals surface area contributed by atoms with Crippen molar-refractivity contribution in [2.24, 2.45) is 0 Å². The summed E-state index contributed by atoms with van der Waals surface area (Å²) in [5.74, 6) is -0.408. The highest BCUT2D eigenvalue weighted by Gasteiger charge is 2.07. The SMILES string of the molecule is COC(=O)c1cc(C)nc(CC#N)c1. The summed E-state index contributed by atoms with van der Waals surface area (Å²) < 4.78 is 4.57. The highest BCUT2D eigenvalue weighted by Crippen LogP contribution is 2.07. The van der Waals surface area contributed by atoms with Crippen LogP contribution in [0.5, 0.6) is 0 Å². The van der Waals surface area contributed by atoms with Crippen molar-refractivity contribution in [2.45, 2.75) is 13.3 Å². The highest BCUT2D eigenvalue weighted by molar-refractivity contribution is 5.89. The average molecular weight is 190 g/mol. The maximum atomic E-state index is 11.2. The number of methoxy groups -OCH3 is 1. The van der Waals surface area contributed by atoms with Crippen molar-refractivity contribution in [1.82, 2.24) is 4.98 Å². The van der Waals surface area contributed by atoms with E-state index in [9.17, 15) is 4.79 Å². The second-order valence-corrected chi connectivity index (χ2v) is 2.82. The molecule has 4 heteroatoms. The highest BCUT2D eigenvalue weighted by atomic mass is 16.5. The number of hydrogen-bond donors (Lipinski definition) is 0. The van der Waals surface area contributed by atoms with E-state index in [4.69, 9.17) is 5.26 Å². The van der Waals surface area contributed by atoms with Gasteiger partial charge in [-0.1, -0.05) is 0 Å². The molecule has 0 N–H and O–H groups in total. The number of pyridine rings is 1. The van der Waals surface area contributed by atoms with Gasteiger partial charge in [-0.15, -0.1) is 0 Å². The maximum absolute atomic E-state index is 11.2. The van der Waals surface area contributed by atoms with Gasteiger partial charge in [-0.05, 0) is 19.1 Å². The van der Waals surface area contributed by atoms with Crippen molar-refractivity contribution < 1.29 is 9.53 Å². The number of nitrogens with zero attached hydrogens (tertiary/aromatic N) is 2. The first-order valence-corrected chi connectivity index (χ1v) is 4.10. The van der Waals surface area contributed by atoms with Gasteiger partial charge >= 0.3 is 5.97 Å². The van der Waals surface area contributed by atoms with Gasteiger partial charge in [0.05, 0.1) is 30.9 Å². The molecule has 0 saturated heterocycles. The summed E-state index contributed by atoms with van der Waals surface area (Å²) in [5, 5.41) is 8.49. The van der Waals surface area contributed by atoms with Gasteiger partial charge in [-0.3, -0.25) is 4.98 Å². The van der Waals surface area contributed by atoms with E-state index >= 15 is 0 Å². The van der Waals surface area contributed by atoms with Crippen molar-refractivity contribution in [2.75, 3.05) is 7.11 Å². The Morgan fingerprint density at radius 1 is 1.64 bits per heavy atom. The summed E-state index contributed by atoms with van der Waals surface area (Å²) in [6, 6.07) is 5.18. The number of aromatic nitrogens is 1. The van der Waals surface area contributed by atoms with Crippen LogP contribution in [0.25, 0.3) is 0 Å². The van der Waals surface area contributed by atoms with Crippen LogP contribution in [0.2, 0.25) is 0 Å². The molecular formula is C10H10N2O2. The van der Waals surface area contributed by atoms with Crippen LogP contribution in [-0.2, 0) is 11.2 Å². The number of esters is 1. The second-order valence-electron chi connectivity index (χ2n) is 2.82. The Morgan fingerprint density at radius 2 is 2.36 bits per heavy atom. The molecule has 0 amide bonds. The Morgan fingerprint density at radius 3 is 2.93 bits per heavy atom. The summed E-state index contributed by atoms with van der Waals surface area (Å²) in [4.78, 5) is 15.3. The number of hydrogen-bond acceptors (Lipinski definition) is 4. The monoisotopic (exact) mass is 190 g/mol. The molecular weight excluding hydrogens is 180 g/mol. The Balaban J connectivity index is 3.08. The predicted octanol–water partition coefficient (Wildman–Crippen LogP) is 1.24. The Bertz CT molecular complexity index is 394. The molecule has 1 rings (SSSR count). The molecule has 0 fully saturated rings. The van der Waals surface area contributed by atoms with Crippen LogP contribution in [-0.4, -0.2) is 18.1 Å². The van der Waals surface area contributed by atoms with Crippen LogP contribution in [0, 0.1) is 18.3 Å². The fourth-order valence-corrected chi connectivity index (χ4v) is 1.14. The summed E-state index contributed by atoms with van der Waals surface area (Å²) in [6.45, 7) is 1.77. The molecule has 72 valence electrons. The third-order valence-corrected chi connectivity index (χ3v) is 1.69. The first-order valence-electron chi connectivity index (χ1n) is 4.10. The van der Waals surface area contributed by atoms with E-state index in [1.54, 1.807) is 19.1 Å². The predicted molar refractivity (Wildman–Crippen MR) is 49.6 cm³/mol. The molecule has 1 heterocycles. The van der Waals surface area contributed by atoms with Gasteiger partial charge < -0.3 is 4.74 Å². The minimum atomic E-state index is -0.408. The zero-order valence-electron chi connectivity index (χ0n) is 8.07. The fraction of sp³-hybridized carbons (Fsp3) is 0.300. The van der Waals surface area contributed by atoms with Crippen LogP contribution in [0.4, 0.5) is 0 Å². The number of rotatable bonds is 2. The van der Waals surface area contributed by atoms with Crippen molar-refractivity contribution in [3.05, 3.63) is 29.1 Å². The van der Waals surface area contributed by atoms with Crippen LogP contribution < -0.4 is 0 Å². The molecule has 4 nitrogen and oxygen atoms in total. The summed E-state index contributed by atoms with van der Waals surface area (Å²) in [7, 11) is 1.32. The smallest absolute Gasteiger partial charge is 0.337 e. The number of ether oxygens (including phenoxy) is 1. The minimum absolute atomic E-state index is 0.200. The number of aryl methyl sites for hydroxylation is 1. The average Bonchev–Trinajstić information content (AvgIpc) is 2.16. The van der Waals surface area contributed by atoms with Crippen LogP contribution in [0.1, 0.15) is 21.7 Å². The van der Waals surface area contributed by atoms with E-state index in [0.29, 0.717) is 17.0 Å². The molecule has 0 spiro atoms. The molecule has 0 aliphatic heterocycles. The molecule has 0 atom stereocenters. The van der Waals surface area contributed by atoms with Gasteiger partial charge in [0, 0.05) is 5.69 Å². The number of carbonyl (C=O) groups excluding carboxylic acids is 1. The van der Waals surface area contributed by atoms with E-state index in [0.717, 1.165) is 0 Å². The molecule has 0 aliphatic carbocycles. The molecule has 0 radical (unpaired) electrons. The zero-order valence-corrected chi connectivity index (χ0v) is 8.07. The molecule has 14 heavy (non-hydrogen) atoms. The van der Waals surface area contributed by atoms with E-state index in [1.807, 2.05) is 6.07 Å². The van der Waals surface area contributed by atoms with Crippen LogP contribution >= 0.6 is 0 Å². The van der Waals surface area contributed by atoms with Gasteiger partial charge in [0.25, 0.3) is 0 Å². The third kappa shape index (κ3) is 2.30. The van der Waals surface area contributed by atoms with Gasteiger partial charge in [0.2, 0.25) is 0 Å². The van der Waals surface area contributed by atoms with E-state index in [1.165, 1.54) is 7.11 Å². The maximum Gasteiger partial charge on any atom is 0.337 e. The minimum Gasteiger partial charge on any atom is -0.465 e. The molecule has 1 aromatic heterocycles. The second kappa shape index (κ2) is 4.38. The standard InChI is InChI=1S/C10H10N2O2/c1-7-5-8(10(13)14-2)6-9(12-7)3-4-11/h5-6H,3H2,1-2H3. The van der Waals surface area contributed by atoms with Crippen LogP contribution in [0.3, 0.4) is 0 Å². The summed E-state index contributed by atoms with van der Waals surface area (Å²) in [5.41, 5.74) is 1.73. The number of carbonyl (C=O) groups is 1. The van der Waals surface area contributed by atoms with Gasteiger partial charge in [-0.25, -0.2) is 4.79 Å². The first kappa shape index (κ1) is 10.2. The first-order chi connectivity index (χ1) is 6.67. The third-order valence-electron chi connectivity index (χ3n) is 1.69. The Hall–Kier alpha value is -1.89. The molecule has 0 saturated carbocycles. The largest absolute Gasteiger partial charge is 0.465 e. The lowest BCUT2D eigenvalue weighted by atomic mass is 10.1. The molecule has 1 aromatic rings. The lowest BCUT2D eigenvalue weighted by molar-refractivity contribution is 0.0600. The van der Waals surface area contributed by atoms with Crippen molar-refractivity contribution in [3.8, 4) is 6.07 Å². The molecule has 0 aliphatic rings. The van der Waals surface area contributed by atoms with Crippen LogP contribution in [0.15, 0.2) is 12.1 Å². The van der Waals surface area contributed by atoms with Gasteiger partial charge in [-0.2, -0.15) is 5.26 Å². The Labute approximate surface area is 82.1 Å². The van der Waals surface area contributed by atoms with E-state index < -0.39 is 5.97 Å². The zero-order chi connectivity index (χ0) is 10.6. The van der Waals surface area contributed by atoms with Gasteiger partial charge in [0.1, 0.15) is 0 Å². The normalized spacial score (nSPS) is 9.21. The van der Waals surface area contributed by atoms with Gasteiger partial charge in [0.15, 0.2) is 0 Å². The molecule has 0 aromatic carbocycles. The van der Waals surface area contributed by atoms with Crippen molar-refractivity contribution in [1.29, 1.82) is 5.26 Å². The summed E-state index contributed by atoms with van der Waals surface area (Å²) in [6.07, 6.45) is 0.200. The topological polar surface area (TPSA) is 63.0 Å². The lowest BCUT2D eigenvalue weighted by Crippen LogP contribution is -2.04. The molecule has 0 unspecified atom stereocenters. The number of nitriles is 1. The fourth-order valence-electron chi connectivity index (χ4n) is 1.14. The molecule has 0 bridgehead atoms. The summed E-state index contributed by atoms with van der Waals surface area (Å²) >= 11 is 0. The van der Waals surface area contributed by atoms with E-state index in [2.05, 4.69) is 9.72 Å². The van der Waals surface area contributed by atoms with Crippen molar-refractivity contribution in [3.63, 3.8) is 0 Å². The quantitative estimate of drug-likeness (QED) is 0.658. The van der Waals surface area contributed by atoms with Crippen molar-refractivity contribution >= 4 is 5.97 Å².